The number of carbonyl (C=O) groups excluding carboxylic acids is 1. The van der Waals surface area contributed by atoms with Gasteiger partial charge in [-0.05, 0) is 56.5 Å². The molecule has 1 saturated carbocycles. The van der Waals surface area contributed by atoms with Crippen LogP contribution in [0.2, 0.25) is 0 Å². The first kappa shape index (κ1) is 19.4. The van der Waals surface area contributed by atoms with Crippen LogP contribution in [0.25, 0.3) is 10.8 Å². The fourth-order valence-electron chi connectivity index (χ4n) is 4.37. The third kappa shape index (κ3) is 3.71. The molecule has 0 unspecified atom stereocenters. The molecule has 0 spiro atoms. The van der Waals surface area contributed by atoms with Gasteiger partial charge in [0.25, 0.3) is 0 Å². The molecule has 1 amide bonds. The first-order valence-corrected chi connectivity index (χ1v) is 10.3. The van der Waals surface area contributed by atoms with Crippen LogP contribution in [0, 0.1) is 5.82 Å². The van der Waals surface area contributed by atoms with Gasteiger partial charge >= 0.3 is 0 Å². The molecular formula is C25H26FNO2. The van der Waals surface area contributed by atoms with E-state index in [2.05, 4.69) is 5.32 Å². The molecule has 0 saturated heterocycles. The molecule has 0 aliphatic heterocycles. The van der Waals surface area contributed by atoms with Gasteiger partial charge < -0.3 is 10.1 Å². The van der Waals surface area contributed by atoms with Gasteiger partial charge in [0, 0.05) is 16.5 Å². The van der Waals surface area contributed by atoms with Crippen molar-refractivity contribution in [2.45, 2.75) is 51.0 Å². The minimum Gasteiger partial charge on any atom is -0.490 e. The number of benzene rings is 3. The van der Waals surface area contributed by atoms with Crippen molar-refractivity contribution in [2.75, 3.05) is 5.32 Å². The number of anilines is 1. The Hall–Kier alpha value is -2.88. The molecule has 29 heavy (non-hydrogen) atoms. The number of hydrogen-bond donors (Lipinski definition) is 1. The van der Waals surface area contributed by atoms with Crippen molar-refractivity contribution in [3.05, 3.63) is 72.0 Å². The molecule has 0 radical (unpaired) electrons. The summed E-state index contributed by atoms with van der Waals surface area (Å²) in [5.74, 6) is 0.501. The van der Waals surface area contributed by atoms with Gasteiger partial charge in [-0.3, -0.25) is 4.79 Å². The third-order valence-corrected chi connectivity index (χ3v) is 5.78. The van der Waals surface area contributed by atoms with E-state index in [1.165, 1.54) is 12.1 Å². The van der Waals surface area contributed by atoms with Gasteiger partial charge in [-0.15, -0.1) is 0 Å². The van der Waals surface area contributed by atoms with Crippen LogP contribution < -0.4 is 10.1 Å². The highest BCUT2D eigenvalue weighted by molar-refractivity contribution is 6.07. The van der Waals surface area contributed by atoms with Gasteiger partial charge in [-0.25, -0.2) is 4.39 Å². The minimum atomic E-state index is -0.609. The topological polar surface area (TPSA) is 38.3 Å². The highest BCUT2D eigenvalue weighted by Crippen LogP contribution is 2.43. The van der Waals surface area contributed by atoms with Crippen LogP contribution in [0.15, 0.2) is 60.7 Å². The quantitative estimate of drug-likeness (QED) is 0.561. The number of halogens is 1. The van der Waals surface area contributed by atoms with Crippen molar-refractivity contribution in [3.63, 3.8) is 0 Å². The molecule has 3 aromatic carbocycles. The second kappa shape index (κ2) is 7.86. The zero-order valence-electron chi connectivity index (χ0n) is 16.9. The summed E-state index contributed by atoms with van der Waals surface area (Å²) in [6.45, 7) is 3.99. The van der Waals surface area contributed by atoms with Crippen LogP contribution in [0.4, 0.5) is 10.1 Å². The van der Waals surface area contributed by atoms with Gasteiger partial charge in [0.1, 0.15) is 11.6 Å². The number of carbonyl (C=O) groups is 1. The smallest absolute Gasteiger partial charge is 0.235 e. The summed E-state index contributed by atoms with van der Waals surface area (Å²) in [5, 5.41) is 5.10. The number of ether oxygens (including phenoxy) is 1. The minimum absolute atomic E-state index is 0.0238. The van der Waals surface area contributed by atoms with E-state index in [4.69, 9.17) is 4.74 Å². The van der Waals surface area contributed by atoms with Crippen molar-refractivity contribution < 1.29 is 13.9 Å². The summed E-state index contributed by atoms with van der Waals surface area (Å²) in [6, 6.07) is 18.1. The normalized spacial score (nSPS) is 15.6. The number of rotatable bonds is 5. The first-order valence-electron chi connectivity index (χ1n) is 10.3. The van der Waals surface area contributed by atoms with E-state index in [9.17, 15) is 9.18 Å². The SMILES string of the molecule is CC(C)Oc1ccc(NC(=O)C2(c3ccc(F)cc3)CCCC2)c2ccccc12. The van der Waals surface area contributed by atoms with E-state index in [1.54, 1.807) is 12.1 Å². The molecule has 0 bridgehead atoms. The molecule has 4 rings (SSSR count). The lowest BCUT2D eigenvalue weighted by Crippen LogP contribution is -2.38. The monoisotopic (exact) mass is 391 g/mol. The molecule has 1 aliphatic carbocycles. The van der Waals surface area contributed by atoms with Gasteiger partial charge in [-0.1, -0.05) is 49.2 Å². The lowest BCUT2D eigenvalue weighted by atomic mass is 9.78. The van der Waals surface area contributed by atoms with Crippen LogP contribution in [-0.4, -0.2) is 12.0 Å². The van der Waals surface area contributed by atoms with E-state index < -0.39 is 5.41 Å². The summed E-state index contributed by atoms with van der Waals surface area (Å²) in [4.78, 5) is 13.5. The Bertz CT molecular complexity index is 1020. The summed E-state index contributed by atoms with van der Waals surface area (Å²) in [6.07, 6.45) is 3.60. The number of hydrogen-bond acceptors (Lipinski definition) is 2. The van der Waals surface area contributed by atoms with Gasteiger partial charge in [0.15, 0.2) is 0 Å². The molecule has 4 heteroatoms. The Morgan fingerprint density at radius 1 is 0.966 bits per heavy atom. The molecule has 3 aromatic rings. The predicted octanol–water partition coefficient (Wildman–Crippen LogP) is 6.22. The van der Waals surface area contributed by atoms with Crippen LogP contribution in [-0.2, 0) is 10.2 Å². The maximum Gasteiger partial charge on any atom is 0.235 e. The predicted molar refractivity (Wildman–Crippen MR) is 115 cm³/mol. The number of fused-ring (bicyclic) bond motifs is 1. The van der Waals surface area contributed by atoms with E-state index >= 15 is 0 Å². The van der Waals surface area contributed by atoms with E-state index in [1.807, 2.05) is 50.2 Å². The van der Waals surface area contributed by atoms with Gasteiger partial charge in [0.05, 0.1) is 11.5 Å². The van der Waals surface area contributed by atoms with Gasteiger partial charge in [-0.2, -0.15) is 0 Å². The zero-order valence-corrected chi connectivity index (χ0v) is 16.9. The molecule has 0 heterocycles. The fraction of sp³-hybridized carbons (Fsp3) is 0.320. The van der Waals surface area contributed by atoms with Gasteiger partial charge in [0.2, 0.25) is 5.91 Å². The van der Waals surface area contributed by atoms with E-state index in [-0.39, 0.29) is 17.8 Å². The average Bonchev–Trinajstić information content (AvgIpc) is 3.21. The molecule has 0 aromatic heterocycles. The Kier molecular flexibility index (Phi) is 5.27. The number of amides is 1. The third-order valence-electron chi connectivity index (χ3n) is 5.78. The molecule has 1 N–H and O–H groups in total. The zero-order chi connectivity index (χ0) is 20.4. The standard InChI is InChI=1S/C25H26FNO2/c1-17(2)29-23-14-13-22(20-7-3-4-8-21(20)23)27-24(28)25(15-5-6-16-25)18-9-11-19(26)12-10-18/h3-4,7-14,17H,5-6,15-16H2,1-2H3,(H,27,28). The Morgan fingerprint density at radius 2 is 1.62 bits per heavy atom. The van der Waals surface area contributed by atoms with Crippen molar-refractivity contribution >= 4 is 22.4 Å². The Labute approximate surface area is 170 Å². The van der Waals surface area contributed by atoms with Crippen LogP contribution >= 0.6 is 0 Å². The number of nitrogens with one attached hydrogen (secondary N) is 1. The maximum absolute atomic E-state index is 13.5. The second-order valence-corrected chi connectivity index (χ2v) is 8.07. The lowest BCUT2D eigenvalue weighted by molar-refractivity contribution is -0.121. The van der Waals surface area contributed by atoms with Crippen LogP contribution in [0.3, 0.4) is 0 Å². The van der Waals surface area contributed by atoms with Crippen molar-refractivity contribution in [1.82, 2.24) is 0 Å². The summed E-state index contributed by atoms with van der Waals surface area (Å²) in [7, 11) is 0. The highest BCUT2D eigenvalue weighted by Gasteiger charge is 2.42. The Morgan fingerprint density at radius 3 is 2.28 bits per heavy atom. The summed E-state index contributed by atoms with van der Waals surface area (Å²) >= 11 is 0. The maximum atomic E-state index is 13.5. The first-order chi connectivity index (χ1) is 14.0. The average molecular weight is 391 g/mol. The van der Waals surface area contributed by atoms with Crippen molar-refractivity contribution in [2.24, 2.45) is 0 Å². The van der Waals surface area contributed by atoms with Crippen LogP contribution in [0.5, 0.6) is 5.75 Å². The molecular weight excluding hydrogens is 365 g/mol. The second-order valence-electron chi connectivity index (χ2n) is 8.07. The van der Waals surface area contributed by atoms with E-state index in [0.717, 1.165) is 53.5 Å². The molecule has 1 fully saturated rings. The van der Waals surface area contributed by atoms with Crippen LogP contribution in [0.1, 0.15) is 45.1 Å². The fourth-order valence-corrected chi connectivity index (χ4v) is 4.37. The Balaban J connectivity index is 1.70. The highest BCUT2D eigenvalue weighted by atomic mass is 19.1. The summed E-state index contributed by atoms with van der Waals surface area (Å²) < 4.78 is 19.4. The molecule has 3 nitrogen and oxygen atoms in total. The molecule has 150 valence electrons. The molecule has 1 aliphatic rings. The lowest BCUT2D eigenvalue weighted by Gasteiger charge is -2.29. The van der Waals surface area contributed by atoms with E-state index in [0.29, 0.717) is 0 Å². The summed E-state index contributed by atoms with van der Waals surface area (Å²) in [5.41, 5.74) is 1.05. The largest absolute Gasteiger partial charge is 0.490 e. The van der Waals surface area contributed by atoms with Crippen molar-refractivity contribution in [1.29, 1.82) is 0 Å². The molecule has 0 atom stereocenters. The van der Waals surface area contributed by atoms with Crippen molar-refractivity contribution in [3.8, 4) is 5.75 Å².